The smallest absolute Gasteiger partial charge is 0.329 e. The van der Waals surface area contributed by atoms with Crippen LogP contribution in [0.15, 0.2) is 53.4 Å². The Labute approximate surface area is 199 Å². The van der Waals surface area contributed by atoms with Gasteiger partial charge in [-0.2, -0.15) is 0 Å². The van der Waals surface area contributed by atoms with Gasteiger partial charge in [0.2, 0.25) is 0 Å². The third-order valence-electron chi connectivity index (χ3n) is 4.51. The second-order valence-corrected chi connectivity index (χ2v) is 8.27. The lowest BCUT2D eigenvalue weighted by molar-refractivity contribution is -0.150. The highest BCUT2D eigenvalue weighted by Gasteiger charge is 2.41. The fraction of sp³-hybridized carbons (Fsp3) is 0.217. The van der Waals surface area contributed by atoms with Gasteiger partial charge < -0.3 is 14.8 Å². The molecule has 172 valence electrons. The summed E-state index contributed by atoms with van der Waals surface area (Å²) in [5.74, 6) is -1.28. The molecule has 0 saturated carbocycles. The molecule has 0 unspecified atom stereocenters. The molecule has 10 heteroatoms. The monoisotopic (exact) mass is 488 g/mol. The van der Waals surface area contributed by atoms with Crippen molar-refractivity contribution >= 4 is 58.1 Å². The van der Waals surface area contributed by atoms with Crippen molar-refractivity contribution in [3.8, 4) is 5.75 Å². The van der Waals surface area contributed by atoms with Gasteiger partial charge in [0.25, 0.3) is 17.1 Å². The summed E-state index contributed by atoms with van der Waals surface area (Å²) in [6, 6.07) is 12.7. The third-order valence-corrected chi connectivity index (χ3v) is 5.69. The largest absolute Gasteiger partial charge is 0.482 e. The van der Waals surface area contributed by atoms with Gasteiger partial charge in [-0.1, -0.05) is 35.9 Å². The second-order valence-electron chi connectivity index (χ2n) is 6.87. The number of halogens is 1. The predicted octanol–water partition coefficient (Wildman–Crippen LogP) is 4.35. The highest BCUT2D eigenvalue weighted by molar-refractivity contribution is 8.18. The number of nitrogens with zero attached hydrogens (tertiary/aromatic N) is 1. The number of para-hydroxylation sites is 1. The molecule has 0 bridgehead atoms. The number of carbonyl (C=O) groups excluding carboxylic acids is 4. The molecule has 3 rings (SSSR count). The first kappa shape index (κ1) is 24.3. The zero-order chi connectivity index (χ0) is 24.0. The van der Waals surface area contributed by atoms with Crippen LogP contribution in [0.5, 0.6) is 5.75 Å². The van der Waals surface area contributed by atoms with Crippen LogP contribution in [-0.2, 0) is 19.1 Å². The number of rotatable bonds is 8. The Morgan fingerprint density at radius 1 is 1.18 bits per heavy atom. The minimum absolute atomic E-state index is 0.149. The molecule has 0 radical (unpaired) electrons. The van der Waals surface area contributed by atoms with Crippen molar-refractivity contribution in [3.05, 3.63) is 64.0 Å². The highest BCUT2D eigenvalue weighted by atomic mass is 35.5. The molecular formula is C23H21ClN2O6S. The summed E-state index contributed by atoms with van der Waals surface area (Å²) in [5, 5.41) is 2.38. The molecule has 2 aromatic carbocycles. The van der Waals surface area contributed by atoms with Gasteiger partial charge in [-0.25, -0.2) is 4.79 Å². The Balaban J connectivity index is 1.64. The van der Waals surface area contributed by atoms with E-state index in [-0.39, 0.29) is 29.0 Å². The molecule has 0 spiro atoms. The van der Waals surface area contributed by atoms with Crippen molar-refractivity contribution in [2.75, 3.05) is 18.5 Å². The van der Waals surface area contributed by atoms with Crippen LogP contribution < -0.4 is 10.1 Å². The van der Waals surface area contributed by atoms with E-state index in [1.165, 1.54) is 13.0 Å². The summed E-state index contributed by atoms with van der Waals surface area (Å²) in [4.78, 5) is 49.9. The lowest BCUT2D eigenvalue weighted by Gasteiger charge is -2.19. The number of hydrogen-bond acceptors (Lipinski definition) is 7. The summed E-state index contributed by atoms with van der Waals surface area (Å²) < 4.78 is 10.4. The number of nitrogens with one attached hydrogen (secondary N) is 1. The van der Waals surface area contributed by atoms with Gasteiger partial charge in [0.1, 0.15) is 11.8 Å². The summed E-state index contributed by atoms with van der Waals surface area (Å²) in [6.07, 6.45) is 1.50. The van der Waals surface area contributed by atoms with Crippen molar-refractivity contribution in [3.63, 3.8) is 0 Å². The molecule has 33 heavy (non-hydrogen) atoms. The Morgan fingerprint density at radius 2 is 1.91 bits per heavy atom. The molecule has 1 N–H and O–H groups in total. The lowest BCUT2D eigenvalue weighted by Crippen LogP contribution is -2.42. The molecule has 1 saturated heterocycles. The number of esters is 1. The number of hydrogen-bond donors (Lipinski definition) is 1. The fourth-order valence-electron chi connectivity index (χ4n) is 2.92. The highest BCUT2D eigenvalue weighted by Crippen LogP contribution is 2.35. The molecule has 8 nitrogen and oxygen atoms in total. The average Bonchev–Trinajstić information content (AvgIpc) is 3.06. The Morgan fingerprint density at radius 3 is 2.58 bits per heavy atom. The molecule has 1 aliphatic rings. The number of benzene rings is 2. The van der Waals surface area contributed by atoms with Crippen molar-refractivity contribution in [1.29, 1.82) is 0 Å². The fourth-order valence-corrected chi connectivity index (χ4v) is 4.07. The summed E-state index contributed by atoms with van der Waals surface area (Å²) >= 11 is 6.99. The zero-order valence-electron chi connectivity index (χ0n) is 17.9. The van der Waals surface area contributed by atoms with E-state index in [0.29, 0.717) is 17.0 Å². The summed E-state index contributed by atoms with van der Waals surface area (Å²) in [5.41, 5.74) is 1.20. The topological polar surface area (TPSA) is 102 Å². The van der Waals surface area contributed by atoms with Crippen molar-refractivity contribution in [2.24, 2.45) is 0 Å². The second kappa shape index (κ2) is 11.0. The molecule has 1 aliphatic heterocycles. The maximum atomic E-state index is 12.7. The quantitative estimate of drug-likeness (QED) is 0.435. The molecule has 1 atom stereocenters. The minimum Gasteiger partial charge on any atom is -0.482 e. The van der Waals surface area contributed by atoms with Crippen molar-refractivity contribution < 1.29 is 28.7 Å². The third kappa shape index (κ3) is 6.15. The van der Waals surface area contributed by atoms with Crippen molar-refractivity contribution in [2.45, 2.75) is 19.9 Å². The SMILES string of the molecule is CCOC(=O)[C@@H](C)N1C(=O)S/C(=C/c2ccc(OCC(=O)Nc3ccccc3)c(Cl)c2)C1=O. The van der Waals surface area contributed by atoms with Gasteiger partial charge in [0.15, 0.2) is 6.61 Å². The van der Waals surface area contributed by atoms with E-state index < -0.39 is 23.2 Å². The van der Waals surface area contributed by atoms with E-state index in [1.54, 1.807) is 49.4 Å². The number of carbonyl (C=O) groups is 4. The van der Waals surface area contributed by atoms with Crippen LogP contribution in [0.4, 0.5) is 10.5 Å². The number of ether oxygens (including phenoxy) is 2. The Hall–Kier alpha value is -3.30. The van der Waals surface area contributed by atoms with Gasteiger partial charge in [-0.3, -0.25) is 19.3 Å². The molecule has 0 aliphatic carbocycles. The van der Waals surface area contributed by atoms with E-state index >= 15 is 0 Å². The van der Waals surface area contributed by atoms with Gasteiger partial charge in [0.05, 0.1) is 16.5 Å². The molecular weight excluding hydrogens is 468 g/mol. The van der Waals surface area contributed by atoms with Gasteiger partial charge in [-0.15, -0.1) is 0 Å². The van der Waals surface area contributed by atoms with Crippen molar-refractivity contribution in [1.82, 2.24) is 4.90 Å². The first-order chi connectivity index (χ1) is 15.8. The molecule has 1 heterocycles. The standard InChI is InChI=1S/C23H21ClN2O6S/c1-3-31-22(29)14(2)26-21(28)19(33-23(26)30)12-15-9-10-18(17(24)11-15)32-13-20(27)25-16-7-5-4-6-8-16/h4-12,14H,3,13H2,1-2H3,(H,25,27)/b19-12+/t14-/m1/s1. The molecule has 1 fully saturated rings. The van der Waals surface area contributed by atoms with E-state index in [0.717, 1.165) is 16.7 Å². The van der Waals surface area contributed by atoms with Crippen LogP contribution in [-0.4, -0.2) is 47.2 Å². The normalized spacial score (nSPS) is 15.5. The van der Waals surface area contributed by atoms with Crippen LogP contribution in [0.3, 0.4) is 0 Å². The van der Waals surface area contributed by atoms with Crippen LogP contribution in [0.25, 0.3) is 6.08 Å². The Bertz CT molecular complexity index is 1110. The minimum atomic E-state index is -1.02. The van der Waals surface area contributed by atoms with Gasteiger partial charge in [-0.05, 0) is 61.5 Å². The van der Waals surface area contributed by atoms with Gasteiger partial charge in [0, 0.05) is 5.69 Å². The summed E-state index contributed by atoms with van der Waals surface area (Å²) in [7, 11) is 0. The van der Waals surface area contributed by atoms with Gasteiger partial charge >= 0.3 is 5.97 Å². The van der Waals surface area contributed by atoms with E-state index in [4.69, 9.17) is 21.1 Å². The molecule has 3 amide bonds. The maximum Gasteiger partial charge on any atom is 0.329 e. The van der Waals surface area contributed by atoms with Crippen LogP contribution in [0, 0.1) is 0 Å². The zero-order valence-corrected chi connectivity index (χ0v) is 19.4. The van der Waals surface area contributed by atoms with Crippen LogP contribution in [0.1, 0.15) is 19.4 Å². The maximum absolute atomic E-state index is 12.7. The predicted molar refractivity (Wildman–Crippen MR) is 126 cm³/mol. The lowest BCUT2D eigenvalue weighted by atomic mass is 10.2. The Kier molecular flexibility index (Phi) is 8.13. The number of anilines is 1. The van der Waals surface area contributed by atoms with Crippen LogP contribution >= 0.6 is 23.4 Å². The number of amides is 3. The summed E-state index contributed by atoms with van der Waals surface area (Å²) in [6.45, 7) is 2.99. The first-order valence-electron chi connectivity index (χ1n) is 10.0. The van der Waals surface area contributed by atoms with E-state index in [9.17, 15) is 19.2 Å². The molecule has 2 aromatic rings. The average molecular weight is 489 g/mol. The number of imide groups is 1. The first-order valence-corrected chi connectivity index (χ1v) is 11.2. The molecule has 0 aromatic heterocycles. The van der Waals surface area contributed by atoms with E-state index in [1.807, 2.05) is 6.07 Å². The van der Waals surface area contributed by atoms with E-state index in [2.05, 4.69) is 5.32 Å². The number of thioether (sulfide) groups is 1. The van der Waals surface area contributed by atoms with Crippen LogP contribution in [0.2, 0.25) is 5.02 Å².